The van der Waals surface area contributed by atoms with Gasteiger partial charge in [-0.05, 0) is 6.42 Å². The Bertz CT molecular complexity index is 295. The molecule has 0 N–H and O–H groups in total. The van der Waals surface area contributed by atoms with Crippen molar-refractivity contribution in [3.63, 3.8) is 0 Å². The van der Waals surface area contributed by atoms with Gasteiger partial charge >= 0.3 is 5.97 Å². The predicted octanol–water partition coefficient (Wildman–Crippen LogP) is -0.00790. The molecule has 0 aromatic heterocycles. The van der Waals surface area contributed by atoms with Crippen LogP contribution < -0.4 is 0 Å². The van der Waals surface area contributed by atoms with E-state index in [0.717, 1.165) is 19.3 Å². The standard InChI is InChI=1S/C10H13O4Si/c11-9-10(1-2-12-9)4-7-6(13-5-15)3-8(10)14-7/h6-8H,1-5H2. The van der Waals surface area contributed by atoms with Crippen LogP contribution in [0, 0.1) is 5.41 Å². The van der Waals surface area contributed by atoms with Crippen LogP contribution in [0.5, 0.6) is 0 Å². The average Bonchev–Trinajstić information content (AvgIpc) is 2.85. The van der Waals surface area contributed by atoms with Crippen LogP contribution in [0.4, 0.5) is 0 Å². The zero-order chi connectivity index (χ0) is 10.5. The molecule has 4 atom stereocenters. The lowest BCUT2D eigenvalue weighted by Crippen LogP contribution is -2.41. The first kappa shape index (κ1) is 9.81. The molecule has 3 aliphatic rings. The van der Waals surface area contributed by atoms with Crippen molar-refractivity contribution in [3.05, 3.63) is 0 Å². The van der Waals surface area contributed by atoms with Crippen molar-refractivity contribution in [2.24, 2.45) is 5.41 Å². The van der Waals surface area contributed by atoms with Crippen molar-refractivity contribution in [2.75, 3.05) is 12.8 Å². The van der Waals surface area contributed by atoms with E-state index in [1.54, 1.807) is 0 Å². The number of ether oxygens (including phenoxy) is 3. The molecular formula is C10H13O4Si. The summed E-state index contributed by atoms with van der Waals surface area (Å²) < 4.78 is 16.4. The second kappa shape index (κ2) is 3.30. The molecule has 15 heavy (non-hydrogen) atoms. The van der Waals surface area contributed by atoms with Crippen LogP contribution in [0.25, 0.3) is 0 Å². The Morgan fingerprint density at radius 1 is 1.60 bits per heavy atom. The van der Waals surface area contributed by atoms with Gasteiger partial charge in [0.05, 0.1) is 40.6 Å². The summed E-state index contributed by atoms with van der Waals surface area (Å²) in [4.78, 5) is 11.7. The van der Waals surface area contributed by atoms with Crippen molar-refractivity contribution in [1.82, 2.24) is 0 Å². The minimum Gasteiger partial charge on any atom is -0.465 e. The molecule has 3 heterocycles. The fourth-order valence-corrected chi connectivity index (χ4v) is 3.29. The fourth-order valence-electron chi connectivity index (χ4n) is 3.07. The molecule has 0 aliphatic carbocycles. The Morgan fingerprint density at radius 3 is 3.00 bits per heavy atom. The summed E-state index contributed by atoms with van der Waals surface area (Å²) in [5.74, 6) is -0.0631. The van der Waals surface area contributed by atoms with E-state index in [-0.39, 0.29) is 29.7 Å². The number of hydrogen-bond donors (Lipinski definition) is 0. The van der Waals surface area contributed by atoms with Crippen LogP contribution in [0.3, 0.4) is 0 Å². The lowest BCUT2D eigenvalue weighted by atomic mass is 9.72. The van der Waals surface area contributed by atoms with Crippen molar-refractivity contribution in [3.8, 4) is 0 Å². The molecule has 0 aromatic carbocycles. The largest absolute Gasteiger partial charge is 0.465 e. The van der Waals surface area contributed by atoms with E-state index >= 15 is 0 Å². The Balaban J connectivity index is 1.77. The third kappa shape index (κ3) is 1.23. The topological polar surface area (TPSA) is 44.8 Å². The monoisotopic (exact) mass is 225 g/mol. The van der Waals surface area contributed by atoms with Gasteiger partial charge < -0.3 is 14.2 Å². The number of carbonyl (C=O) groups excluding carboxylic acids is 1. The van der Waals surface area contributed by atoms with Crippen molar-refractivity contribution < 1.29 is 19.0 Å². The quantitative estimate of drug-likeness (QED) is 0.490. The second-order valence-electron chi connectivity index (χ2n) is 4.49. The maximum atomic E-state index is 11.7. The number of hydrogen-bond acceptors (Lipinski definition) is 4. The molecule has 81 valence electrons. The molecular weight excluding hydrogens is 212 g/mol. The third-order valence-electron chi connectivity index (χ3n) is 3.87. The van der Waals surface area contributed by atoms with Gasteiger partial charge in [0.1, 0.15) is 0 Å². The molecule has 1 spiro atoms. The summed E-state index contributed by atoms with van der Waals surface area (Å²) in [6.07, 6.45) is 3.17. The minimum atomic E-state index is -0.337. The second-order valence-corrected chi connectivity index (χ2v) is 4.78. The number of rotatable bonds is 2. The zero-order valence-electron chi connectivity index (χ0n) is 8.40. The van der Waals surface area contributed by atoms with Gasteiger partial charge in [-0.25, -0.2) is 0 Å². The molecule has 0 aromatic rings. The summed E-state index contributed by atoms with van der Waals surface area (Å²) in [7, 11) is 3.29. The normalized spacial score (nSPS) is 47.8. The molecule has 3 saturated heterocycles. The molecule has 0 amide bonds. The highest BCUT2D eigenvalue weighted by molar-refractivity contribution is 6.08. The van der Waals surface area contributed by atoms with E-state index in [4.69, 9.17) is 14.2 Å². The van der Waals surface area contributed by atoms with Gasteiger partial charge in [0.15, 0.2) is 0 Å². The first-order chi connectivity index (χ1) is 7.26. The van der Waals surface area contributed by atoms with Crippen LogP contribution >= 0.6 is 0 Å². The van der Waals surface area contributed by atoms with Gasteiger partial charge in [-0.3, -0.25) is 4.79 Å². The summed E-state index contributed by atoms with van der Waals surface area (Å²) >= 11 is 0. The Morgan fingerprint density at radius 2 is 2.47 bits per heavy atom. The van der Waals surface area contributed by atoms with Crippen LogP contribution in [-0.4, -0.2) is 47.4 Å². The molecule has 0 saturated carbocycles. The molecule has 4 nitrogen and oxygen atoms in total. The number of cyclic esters (lactones) is 1. The molecule has 3 radical (unpaired) electrons. The summed E-state index contributed by atoms with van der Waals surface area (Å²) in [6.45, 7) is 0.551. The first-order valence-electron chi connectivity index (χ1n) is 5.35. The third-order valence-corrected chi connectivity index (χ3v) is 4.03. The SMILES string of the molecule is O=C1OCCC12CC1OC2CC1OC[Si]. The highest BCUT2D eigenvalue weighted by Crippen LogP contribution is 2.53. The van der Waals surface area contributed by atoms with Crippen LogP contribution in [-0.2, 0) is 19.0 Å². The first-order valence-corrected chi connectivity index (χ1v) is 6.06. The molecule has 3 aliphatic heterocycles. The van der Waals surface area contributed by atoms with Gasteiger partial charge in [-0.1, -0.05) is 0 Å². The average molecular weight is 225 g/mol. The summed E-state index contributed by atoms with van der Waals surface area (Å²) in [6, 6.07) is 0. The van der Waals surface area contributed by atoms with Gasteiger partial charge in [-0.2, -0.15) is 0 Å². The van der Waals surface area contributed by atoms with Crippen molar-refractivity contribution in [2.45, 2.75) is 37.6 Å². The van der Waals surface area contributed by atoms with Crippen LogP contribution in [0.15, 0.2) is 0 Å². The lowest BCUT2D eigenvalue weighted by molar-refractivity contribution is -0.148. The van der Waals surface area contributed by atoms with E-state index in [2.05, 4.69) is 10.2 Å². The predicted molar refractivity (Wildman–Crippen MR) is 51.4 cm³/mol. The van der Waals surface area contributed by atoms with Crippen molar-refractivity contribution >= 4 is 16.2 Å². The molecule has 3 rings (SSSR count). The number of carbonyl (C=O) groups is 1. The molecule has 4 unspecified atom stereocenters. The van der Waals surface area contributed by atoms with E-state index in [9.17, 15) is 4.79 Å². The molecule has 3 fully saturated rings. The van der Waals surface area contributed by atoms with Gasteiger partial charge in [0.25, 0.3) is 0 Å². The van der Waals surface area contributed by atoms with E-state index in [1.165, 1.54) is 0 Å². The lowest BCUT2D eigenvalue weighted by Gasteiger charge is -2.29. The molecule has 2 bridgehead atoms. The highest BCUT2D eigenvalue weighted by Gasteiger charge is 2.63. The maximum Gasteiger partial charge on any atom is 0.314 e. The summed E-state index contributed by atoms with van der Waals surface area (Å²) in [5, 5.41) is 0. The van der Waals surface area contributed by atoms with Gasteiger partial charge in [0, 0.05) is 19.1 Å². The summed E-state index contributed by atoms with van der Waals surface area (Å²) in [5.41, 5.74) is -0.337. The maximum absolute atomic E-state index is 11.7. The van der Waals surface area contributed by atoms with E-state index < -0.39 is 0 Å². The Hall–Kier alpha value is -0.393. The fraction of sp³-hybridized carbons (Fsp3) is 0.900. The number of esters is 1. The van der Waals surface area contributed by atoms with E-state index in [0.29, 0.717) is 12.8 Å². The van der Waals surface area contributed by atoms with Crippen molar-refractivity contribution in [1.29, 1.82) is 0 Å². The van der Waals surface area contributed by atoms with Gasteiger partial charge in [0.2, 0.25) is 0 Å². The highest BCUT2D eigenvalue weighted by atomic mass is 28.1. The number of fused-ring (bicyclic) bond motifs is 3. The van der Waals surface area contributed by atoms with Crippen LogP contribution in [0.2, 0.25) is 0 Å². The Labute approximate surface area is 91.7 Å². The smallest absolute Gasteiger partial charge is 0.314 e. The van der Waals surface area contributed by atoms with E-state index in [1.807, 2.05) is 0 Å². The Kier molecular flexibility index (Phi) is 2.16. The zero-order valence-corrected chi connectivity index (χ0v) is 9.40. The van der Waals surface area contributed by atoms with Gasteiger partial charge in [-0.15, -0.1) is 0 Å². The minimum absolute atomic E-state index is 0.0146. The molecule has 5 heteroatoms. The van der Waals surface area contributed by atoms with Crippen LogP contribution in [0.1, 0.15) is 19.3 Å².